The van der Waals surface area contributed by atoms with Gasteiger partial charge in [-0.1, -0.05) is 30.7 Å². The van der Waals surface area contributed by atoms with E-state index in [1.165, 1.54) is 5.56 Å². The third-order valence-electron chi connectivity index (χ3n) is 4.30. The van der Waals surface area contributed by atoms with E-state index in [9.17, 15) is 0 Å². The monoisotopic (exact) mass is 494 g/mol. The molecule has 1 aliphatic rings. The van der Waals surface area contributed by atoms with Crippen molar-refractivity contribution in [2.75, 3.05) is 45.9 Å². The minimum absolute atomic E-state index is 0. The van der Waals surface area contributed by atoms with Gasteiger partial charge >= 0.3 is 0 Å². The highest BCUT2D eigenvalue weighted by atomic mass is 127. The Morgan fingerprint density at radius 3 is 2.50 bits per heavy atom. The van der Waals surface area contributed by atoms with Crippen molar-refractivity contribution in [3.8, 4) is 0 Å². The highest BCUT2D eigenvalue weighted by Gasteiger charge is 2.14. The first kappa shape index (κ1) is 23.5. The predicted molar refractivity (Wildman–Crippen MR) is 121 cm³/mol. The first-order valence-electron chi connectivity index (χ1n) is 9.19. The lowest BCUT2D eigenvalue weighted by Crippen LogP contribution is -2.41. The molecular formula is C19H32ClIN4O. The topological polar surface area (TPSA) is 48.9 Å². The summed E-state index contributed by atoms with van der Waals surface area (Å²) in [7, 11) is 0. The number of morpholine rings is 1. The molecule has 5 nitrogen and oxygen atoms in total. The minimum Gasteiger partial charge on any atom is -0.379 e. The molecule has 0 spiro atoms. The molecule has 2 N–H and O–H groups in total. The summed E-state index contributed by atoms with van der Waals surface area (Å²) in [6.07, 6.45) is 0. The third kappa shape index (κ3) is 8.41. The minimum atomic E-state index is 0. The first-order chi connectivity index (χ1) is 12.1. The van der Waals surface area contributed by atoms with E-state index < -0.39 is 0 Å². The van der Waals surface area contributed by atoms with Crippen molar-refractivity contribution in [1.82, 2.24) is 15.5 Å². The van der Waals surface area contributed by atoms with Crippen LogP contribution in [0.1, 0.15) is 32.4 Å². The fourth-order valence-corrected chi connectivity index (χ4v) is 3.02. The van der Waals surface area contributed by atoms with Gasteiger partial charge in [0.05, 0.1) is 19.3 Å². The SMILES string of the molecule is CCNC(=NCC(C)CN1CCOCC1)NC(C)c1ccc(Cl)cc1.I. The molecule has 1 heterocycles. The van der Waals surface area contributed by atoms with Gasteiger partial charge in [-0.05, 0) is 37.5 Å². The number of hydrogen-bond acceptors (Lipinski definition) is 3. The lowest BCUT2D eigenvalue weighted by molar-refractivity contribution is 0.0323. The Bertz CT molecular complexity index is 535. The zero-order valence-electron chi connectivity index (χ0n) is 16.0. The van der Waals surface area contributed by atoms with Crippen LogP contribution in [0.15, 0.2) is 29.3 Å². The fraction of sp³-hybridized carbons (Fsp3) is 0.632. The van der Waals surface area contributed by atoms with Gasteiger partial charge in [-0.2, -0.15) is 0 Å². The lowest BCUT2D eigenvalue weighted by atomic mass is 10.1. The molecule has 2 unspecified atom stereocenters. The summed E-state index contributed by atoms with van der Waals surface area (Å²) in [5.74, 6) is 1.37. The van der Waals surface area contributed by atoms with Gasteiger partial charge in [-0.15, -0.1) is 24.0 Å². The van der Waals surface area contributed by atoms with E-state index in [-0.39, 0.29) is 30.0 Å². The van der Waals surface area contributed by atoms with Crippen LogP contribution in [0.3, 0.4) is 0 Å². The van der Waals surface area contributed by atoms with Gasteiger partial charge < -0.3 is 15.4 Å². The summed E-state index contributed by atoms with van der Waals surface area (Å²) >= 11 is 5.97. The van der Waals surface area contributed by atoms with Crippen LogP contribution in [0.4, 0.5) is 0 Å². The molecule has 0 bridgehead atoms. The van der Waals surface area contributed by atoms with Crippen LogP contribution in [0.2, 0.25) is 5.02 Å². The molecule has 0 saturated carbocycles. The summed E-state index contributed by atoms with van der Waals surface area (Å²) in [5.41, 5.74) is 1.19. The van der Waals surface area contributed by atoms with Crippen LogP contribution >= 0.6 is 35.6 Å². The number of nitrogens with one attached hydrogen (secondary N) is 2. The molecule has 2 rings (SSSR count). The van der Waals surface area contributed by atoms with Crippen LogP contribution in [0.5, 0.6) is 0 Å². The molecule has 1 aromatic rings. The number of hydrogen-bond donors (Lipinski definition) is 2. The van der Waals surface area contributed by atoms with Crippen molar-refractivity contribution in [2.24, 2.45) is 10.9 Å². The Kier molecular flexibility index (Phi) is 11.5. The second-order valence-electron chi connectivity index (χ2n) is 6.66. The van der Waals surface area contributed by atoms with Crippen LogP contribution in [0, 0.1) is 5.92 Å². The van der Waals surface area contributed by atoms with Crippen LogP contribution in [-0.2, 0) is 4.74 Å². The average Bonchev–Trinajstić information content (AvgIpc) is 2.61. The molecule has 1 fully saturated rings. The van der Waals surface area contributed by atoms with Crippen LogP contribution in [0.25, 0.3) is 0 Å². The molecule has 0 radical (unpaired) electrons. The molecule has 148 valence electrons. The molecule has 0 aromatic heterocycles. The van der Waals surface area contributed by atoms with Gasteiger partial charge in [0.15, 0.2) is 5.96 Å². The lowest BCUT2D eigenvalue weighted by Gasteiger charge is -2.28. The van der Waals surface area contributed by atoms with E-state index in [4.69, 9.17) is 21.3 Å². The normalized spacial score (nSPS) is 17.9. The number of benzene rings is 1. The maximum atomic E-state index is 5.97. The average molecular weight is 495 g/mol. The number of aliphatic imine (C=N–C) groups is 1. The second kappa shape index (κ2) is 12.8. The Balaban J connectivity index is 0.00000338. The Labute approximate surface area is 179 Å². The van der Waals surface area contributed by atoms with E-state index in [1.807, 2.05) is 24.3 Å². The number of nitrogens with zero attached hydrogens (tertiary/aromatic N) is 2. The molecule has 2 atom stereocenters. The smallest absolute Gasteiger partial charge is 0.191 e. The summed E-state index contributed by atoms with van der Waals surface area (Å²) in [6, 6.07) is 8.10. The van der Waals surface area contributed by atoms with E-state index in [2.05, 4.69) is 36.3 Å². The standard InChI is InChI=1S/C19H31ClN4O.HI/c1-4-21-19(23-16(3)17-5-7-18(20)8-6-17)22-13-15(2)14-24-9-11-25-12-10-24;/h5-8,15-16H,4,9-14H2,1-3H3,(H2,21,22,23);1H. The Morgan fingerprint density at radius 2 is 1.88 bits per heavy atom. The Morgan fingerprint density at radius 1 is 1.23 bits per heavy atom. The number of rotatable bonds is 7. The van der Waals surface area contributed by atoms with Crippen molar-refractivity contribution in [3.63, 3.8) is 0 Å². The Hall–Kier alpha value is -0.570. The summed E-state index contributed by atoms with van der Waals surface area (Å²) in [6.45, 7) is 12.9. The van der Waals surface area contributed by atoms with E-state index in [0.29, 0.717) is 5.92 Å². The molecule has 1 aliphatic heterocycles. The van der Waals surface area contributed by atoms with Crippen molar-refractivity contribution < 1.29 is 4.74 Å². The summed E-state index contributed by atoms with van der Waals surface area (Å²) in [4.78, 5) is 7.23. The van der Waals surface area contributed by atoms with Gasteiger partial charge in [0.25, 0.3) is 0 Å². The van der Waals surface area contributed by atoms with Crippen molar-refractivity contribution in [3.05, 3.63) is 34.9 Å². The second-order valence-corrected chi connectivity index (χ2v) is 7.09. The molecule has 0 aliphatic carbocycles. The molecule has 26 heavy (non-hydrogen) atoms. The highest BCUT2D eigenvalue weighted by molar-refractivity contribution is 14.0. The third-order valence-corrected chi connectivity index (χ3v) is 4.55. The highest BCUT2D eigenvalue weighted by Crippen LogP contribution is 2.16. The fourth-order valence-electron chi connectivity index (χ4n) is 2.89. The molecule has 0 amide bonds. The number of ether oxygens (including phenoxy) is 1. The van der Waals surface area contributed by atoms with E-state index in [0.717, 1.165) is 56.9 Å². The first-order valence-corrected chi connectivity index (χ1v) is 9.56. The van der Waals surface area contributed by atoms with Crippen molar-refractivity contribution in [2.45, 2.75) is 26.8 Å². The predicted octanol–water partition coefficient (Wildman–Crippen LogP) is 3.54. The van der Waals surface area contributed by atoms with Crippen molar-refractivity contribution in [1.29, 1.82) is 0 Å². The van der Waals surface area contributed by atoms with Gasteiger partial charge in [0.1, 0.15) is 0 Å². The number of guanidine groups is 1. The van der Waals surface area contributed by atoms with Crippen molar-refractivity contribution >= 4 is 41.5 Å². The van der Waals surface area contributed by atoms with Gasteiger partial charge in [-0.3, -0.25) is 9.89 Å². The van der Waals surface area contributed by atoms with Crippen LogP contribution in [-0.4, -0.2) is 56.8 Å². The quantitative estimate of drug-likeness (QED) is 0.346. The molecular weight excluding hydrogens is 463 g/mol. The zero-order chi connectivity index (χ0) is 18.1. The van der Waals surface area contributed by atoms with E-state index >= 15 is 0 Å². The largest absolute Gasteiger partial charge is 0.379 e. The van der Waals surface area contributed by atoms with E-state index in [1.54, 1.807) is 0 Å². The van der Waals surface area contributed by atoms with Gasteiger partial charge in [-0.25, -0.2) is 0 Å². The molecule has 1 saturated heterocycles. The van der Waals surface area contributed by atoms with Gasteiger partial charge in [0.2, 0.25) is 0 Å². The summed E-state index contributed by atoms with van der Waals surface area (Å²) in [5, 5.41) is 7.57. The van der Waals surface area contributed by atoms with Crippen LogP contribution < -0.4 is 10.6 Å². The van der Waals surface area contributed by atoms with Gasteiger partial charge in [0, 0.05) is 37.7 Å². The molecule has 7 heteroatoms. The molecule has 1 aromatic carbocycles. The number of halogens is 2. The zero-order valence-corrected chi connectivity index (χ0v) is 19.1. The maximum absolute atomic E-state index is 5.97. The summed E-state index contributed by atoms with van der Waals surface area (Å²) < 4.78 is 5.41. The maximum Gasteiger partial charge on any atom is 0.191 e.